The van der Waals surface area contributed by atoms with Gasteiger partial charge in [0.1, 0.15) is 0 Å². The maximum atomic E-state index is 12.7. The standard InChI is InChI=1S/C18H22N2O5S/c1-13(21)19-15-6-8-16(9-7-15)26(22,23)20(2)12-14-5-10-17(24-3)18(11-14)25-4/h5-11H,12H2,1-4H3,(H,19,21). The number of methoxy groups -OCH3 is 2. The highest BCUT2D eigenvalue weighted by atomic mass is 32.2. The number of rotatable bonds is 7. The number of anilines is 1. The minimum atomic E-state index is -3.67. The number of carbonyl (C=O) groups is 1. The second-order valence-corrected chi connectivity index (χ2v) is 7.70. The van der Waals surface area contributed by atoms with E-state index in [0.29, 0.717) is 17.2 Å². The van der Waals surface area contributed by atoms with E-state index < -0.39 is 10.0 Å². The molecule has 0 radical (unpaired) electrons. The Hall–Kier alpha value is -2.58. The average molecular weight is 378 g/mol. The topological polar surface area (TPSA) is 84.9 Å². The van der Waals surface area contributed by atoms with Gasteiger partial charge in [-0.15, -0.1) is 0 Å². The van der Waals surface area contributed by atoms with Crippen molar-refractivity contribution in [1.29, 1.82) is 0 Å². The molecule has 0 aliphatic heterocycles. The second-order valence-electron chi connectivity index (χ2n) is 5.66. The molecule has 0 bridgehead atoms. The molecule has 8 heteroatoms. The SMILES string of the molecule is COc1ccc(CN(C)S(=O)(=O)c2ccc(NC(C)=O)cc2)cc1OC. The molecule has 0 aliphatic carbocycles. The molecular weight excluding hydrogens is 356 g/mol. The summed E-state index contributed by atoms with van der Waals surface area (Å²) in [7, 11) is 0.906. The first kappa shape index (κ1) is 19.7. The van der Waals surface area contributed by atoms with Gasteiger partial charge in [0.15, 0.2) is 11.5 Å². The van der Waals surface area contributed by atoms with E-state index in [-0.39, 0.29) is 17.3 Å². The zero-order valence-electron chi connectivity index (χ0n) is 15.1. The van der Waals surface area contributed by atoms with Crippen molar-refractivity contribution >= 4 is 21.6 Å². The Labute approximate surface area is 153 Å². The van der Waals surface area contributed by atoms with Crippen LogP contribution in [0.3, 0.4) is 0 Å². The number of hydrogen-bond acceptors (Lipinski definition) is 5. The lowest BCUT2D eigenvalue weighted by Gasteiger charge is -2.18. The fraction of sp³-hybridized carbons (Fsp3) is 0.278. The zero-order valence-corrected chi connectivity index (χ0v) is 16.0. The molecule has 140 valence electrons. The summed E-state index contributed by atoms with van der Waals surface area (Å²) in [4.78, 5) is 11.2. The van der Waals surface area contributed by atoms with E-state index in [0.717, 1.165) is 5.56 Å². The van der Waals surface area contributed by atoms with Crippen molar-refractivity contribution in [1.82, 2.24) is 4.31 Å². The van der Waals surface area contributed by atoms with Gasteiger partial charge in [0.25, 0.3) is 0 Å². The Morgan fingerprint density at radius 2 is 1.65 bits per heavy atom. The van der Waals surface area contributed by atoms with Gasteiger partial charge >= 0.3 is 0 Å². The molecule has 0 heterocycles. The smallest absolute Gasteiger partial charge is 0.243 e. The highest BCUT2D eigenvalue weighted by molar-refractivity contribution is 7.89. The lowest BCUT2D eigenvalue weighted by atomic mass is 10.2. The number of nitrogens with zero attached hydrogens (tertiary/aromatic N) is 1. The summed E-state index contributed by atoms with van der Waals surface area (Å²) in [5.41, 5.74) is 1.31. The van der Waals surface area contributed by atoms with Crippen LogP contribution in [0.25, 0.3) is 0 Å². The Bertz CT molecular complexity index is 879. The average Bonchev–Trinajstić information content (AvgIpc) is 2.61. The van der Waals surface area contributed by atoms with Crippen LogP contribution >= 0.6 is 0 Å². The van der Waals surface area contributed by atoms with Gasteiger partial charge in [0, 0.05) is 26.2 Å². The highest BCUT2D eigenvalue weighted by Crippen LogP contribution is 2.28. The third-order valence-electron chi connectivity index (χ3n) is 3.74. The molecule has 2 aromatic rings. The van der Waals surface area contributed by atoms with Crippen molar-refractivity contribution < 1.29 is 22.7 Å². The van der Waals surface area contributed by atoms with Gasteiger partial charge < -0.3 is 14.8 Å². The summed E-state index contributed by atoms with van der Waals surface area (Å²) in [6, 6.07) is 11.3. The molecule has 1 N–H and O–H groups in total. The minimum Gasteiger partial charge on any atom is -0.493 e. The van der Waals surface area contributed by atoms with Gasteiger partial charge in [-0.1, -0.05) is 6.07 Å². The Balaban J connectivity index is 2.19. The van der Waals surface area contributed by atoms with E-state index in [9.17, 15) is 13.2 Å². The van der Waals surface area contributed by atoms with Gasteiger partial charge in [0.2, 0.25) is 15.9 Å². The van der Waals surface area contributed by atoms with Gasteiger partial charge in [-0.25, -0.2) is 8.42 Å². The van der Waals surface area contributed by atoms with Crippen molar-refractivity contribution in [3.8, 4) is 11.5 Å². The summed E-state index contributed by atoms with van der Waals surface area (Å²) in [5, 5.41) is 2.60. The fourth-order valence-corrected chi connectivity index (χ4v) is 3.57. The largest absolute Gasteiger partial charge is 0.493 e. The molecule has 26 heavy (non-hydrogen) atoms. The number of nitrogens with one attached hydrogen (secondary N) is 1. The normalized spacial score (nSPS) is 11.3. The van der Waals surface area contributed by atoms with E-state index in [4.69, 9.17) is 9.47 Å². The van der Waals surface area contributed by atoms with E-state index in [2.05, 4.69) is 5.32 Å². The quantitative estimate of drug-likeness (QED) is 0.800. The van der Waals surface area contributed by atoms with Crippen LogP contribution in [0.1, 0.15) is 12.5 Å². The maximum Gasteiger partial charge on any atom is 0.243 e. The molecule has 0 aliphatic rings. The molecule has 0 atom stereocenters. The number of sulfonamides is 1. The molecular formula is C18H22N2O5S. The molecule has 1 amide bonds. The van der Waals surface area contributed by atoms with E-state index in [1.165, 1.54) is 37.5 Å². The molecule has 7 nitrogen and oxygen atoms in total. The van der Waals surface area contributed by atoms with Gasteiger partial charge in [0.05, 0.1) is 19.1 Å². The van der Waals surface area contributed by atoms with E-state index >= 15 is 0 Å². The Kier molecular flexibility index (Phi) is 6.23. The summed E-state index contributed by atoms with van der Waals surface area (Å²) in [6.45, 7) is 1.57. The van der Waals surface area contributed by atoms with E-state index in [1.54, 1.807) is 37.4 Å². The number of hydrogen-bond donors (Lipinski definition) is 1. The summed E-state index contributed by atoms with van der Waals surface area (Å²) < 4.78 is 37.1. The van der Waals surface area contributed by atoms with Gasteiger partial charge in [-0.05, 0) is 42.0 Å². The first-order chi connectivity index (χ1) is 12.3. The number of amides is 1. The van der Waals surface area contributed by atoms with Crippen molar-refractivity contribution in [3.05, 3.63) is 48.0 Å². The molecule has 0 aromatic heterocycles. The fourth-order valence-electron chi connectivity index (χ4n) is 2.41. The third-order valence-corrected chi connectivity index (χ3v) is 5.55. The van der Waals surface area contributed by atoms with Crippen molar-refractivity contribution in [2.45, 2.75) is 18.4 Å². The first-order valence-electron chi connectivity index (χ1n) is 7.83. The first-order valence-corrected chi connectivity index (χ1v) is 9.27. The van der Waals surface area contributed by atoms with Crippen molar-refractivity contribution in [2.24, 2.45) is 0 Å². The summed E-state index contributed by atoms with van der Waals surface area (Å²) in [6.07, 6.45) is 0. The van der Waals surface area contributed by atoms with Gasteiger partial charge in [-0.2, -0.15) is 4.31 Å². The van der Waals surface area contributed by atoms with Gasteiger partial charge in [-0.3, -0.25) is 4.79 Å². The van der Waals surface area contributed by atoms with Crippen LogP contribution in [0.4, 0.5) is 5.69 Å². The lowest BCUT2D eigenvalue weighted by molar-refractivity contribution is -0.114. The second kappa shape index (κ2) is 8.20. The summed E-state index contributed by atoms with van der Waals surface area (Å²) in [5.74, 6) is 0.900. The van der Waals surface area contributed by atoms with Crippen molar-refractivity contribution in [2.75, 3.05) is 26.6 Å². The van der Waals surface area contributed by atoms with Crippen LogP contribution in [0.15, 0.2) is 47.4 Å². The van der Waals surface area contributed by atoms with Crippen LogP contribution < -0.4 is 14.8 Å². The zero-order chi connectivity index (χ0) is 19.3. The van der Waals surface area contributed by atoms with Crippen LogP contribution in [0.5, 0.6) is 11.5 Å². The summed E-state index contributed by atoms with van der Waals surface area (Å²) >= 11 is 0. The predicted molar refractivity (Wildman–Crippen MR) is 98.9 cm³/mol. The van der Waals surface area contributed by atoms with Crippen LogP contribution in [-0.2, 0) is 21.4 Å². The number of benzene rings is 2. The Morgan fingerprint density at radius 3 is 2.19 bits per heavy atom. The molecule has 0 saturated carbocycles. The minimum absolute atomic E-state index is 0.148. The Morgan fingerprint density at radius 1 is 1.04 bits per heavy atom. The lowest BCUT2D eigenvalue weighted by Crippen LogP contribution is -2.26. The molecule has 0 fully saturated rings. The highest BCUT2D eigenvalue weighted by Gasteiger charge is 2.21. The molecule has 2 rings (SSSR count). The number of ether oxygens (including phenoxy) is 2. The molecule has 0 unspecified atom stereocenters. The molecule has 0 saturated heterocycles. The van der Waals surface area contributed by atoms with Crippen LogP contribution in [0, 0.1) is 0 Å². The molecule has 0 spiro atoms. The van der Waals surface area contributed by atoms with Crippen LogP contribution in [0.2, 0.25) is 0 Å². The van der Waals surface area contributed by atoms with E-state index in [1.807, 2.05) is 0 Å². The maximum absolute atomic E-state index is 12.7. The third kappa shape index (κ3) is 4.53. The van der Waals surface area contributed by atoms with Crippen molar-refractivity contribution in [3.63, 3.8) is 0 Å². The molecule has 2 aromatic carbocycles. The monoisotopic (exact) mass is 378 g/mol. The van der Waals surface area contributed by atoms with Crippen LogP contribution in [-0.4, -0.2) is 39.9 Å². The predicted octanol–water partition coefficient (Wildman–Crippen LogP) is 2.48. The number of carbonyl (C=O) groups excluding carboxylic acids is 1.